The molecule has 0 amide bonds. The molecule has 1 saturated heterocycles. The highest BCUT2D eigenvalue weighted by Crippen LogP contribution is 2.51. The number of hydrogen-bond donors (Lipinski definition) is 2. The summed E-state index contributed by atoms with van der Waals surface area (Å²) in [5.74, 6) is 0. The summed E-state index contributed by atoms with van der Waals surface area (Å²) in [5, 5.41) is 10.3. The number of nitrogens with zero attached hydrogens (tertiary/aromatic N) is 1. The molecule has 4 heteroatoms. The minimum atomic E-state index is -0.201. The first-order valence-corrected chi connectivity index (χ1v) is 8.83. The largest absolute Gasteiger partial charge is 0.392 e. The van der Waals surface area contributed by atoms with Crippen molar-refractivity contribution in [2.45, 2.75) is 51.9 Å². The van der Waals surface area contributed by atoms with E-state index >= 15 is 0 Å². The maximum Gasteiger partial charge on any atom is 0.0682 e. The highest BCUT2D eigenvalue weighted by Gasteiger charge is 2.55. The second kappa shape index (κ2) is 6.89. The first-order valence-electron chi connectivity index (χ1n) is 8.83. The van der Waals surface area contributed by atoms with Crippen molar-refractivity contribution in [1.82, 2.24) is 4.90 Å². The van der Waals surface area contributed by atoms with Gasteiger partial charge in [0.05, 0.1) is 18.8 Å². The summed E-state index contributed by atoms with van der Waals surface area (Å²) in [6.45, 7) is 8.57. The molecule has 23 heavy (non-hydrogen) atoms. The molecule has 3 rings (SSSR count). The summed E-state index contributed by atoms with van der Waals surface area (Å²) in [7, 11) is 0. The molecule has 3 N–H and O–H groups in total. The standard InChI is InChI=1S/C19H30N2O2/c1-14-3-4-15(2)16(11-14)13-21-8-5-19(6-9-21)17(22)12-18(19)23-10-7-20/h3-4,11,17-18,22H,5-10,12-13,20H2,1-2H3/t17-,18+/m0/s1. The number of aliphatic hydroxyl groups is 1. The highest BCUT2D eigenvalue weighted by molar-refractivity contribution is 5.30. The van der Waals surface area contributed by atoms with Crippen molar-refractivity contribution >= 4 is 0 Å². The lowest BCUT2D eigenvalue weighted by molar-refractivity contribution is -0.210. The van der Waals surface area contributed by atoms with E-state index in [1.165, 1.54) is 16.7 Å². The third-order valence-corrected chi connectivity index (χ3v) is 5.86. The zero-order valence-corrected chi connectivity index (χ0v) is 14.4. The van der Waals surface area contributed by atoms with Gasteiger partial charge in [-0.25, -0.2) is 0 Å². The normalized spacial score (nSPS) is 27.1. The lowest BCUT2D eigenvalue weighted by Gasteiger charge is -2.56. The lowest BCUT2D eigenvalue weighted by Crippen LogP contribution is -2.62. The monoisotopic (exact) mass is 318 g/mol. The first-order chi connectivity index (χ1) is 11.0. The van der Waals surface area contributed by atoms with Crippen LogP contribution in [0.25, 0.3) is 0 Å². The molecule has 1 aliphatic carbocycles. The van der Waals surface area contributed by atoms with Gasteiger partial charge in [-0.1, -0.05) is 23.8 Å². The SMILES string of the molecule is Cc1ccc(C)c(CN2CCC3(CC2)[C@@H](O)C[C@H]3OCCN)c1. The predicted molar refractivity (Wildman–Crippen MR) is 92.3 cm³/mol. The molecule has 1 aromatic carbocycles. The van der Waals surface area contributed by atoms with Crippen molar-refractivity contribution in [3.63, 3.8) is 0 Å². The van der Waals surface area contributed by atoms with Crippen molar-refractivity contribution in [2.75, 3.05) is 26.2 Å². The highest BCUT2D eigenvalue weighted by atomic mass is 16.5. The molecule has 2 fully saturated rings. The van der Waals surface area contributed by atoms with E-state index in [2.05, 4.69) is 36.9 Å². The van der Waals surface area contributed by atoms with E-state index in [9.17, 15) is 5.11 Å². The molecular formula is C19H30N2O2. The number of ether oxygens (including phenoxy) is 1. The molecule has 0 bridgehead atoms. The summed E-state index contributed by atoms with van der Waals surface area (Å²) in [4.78, 5) is 2.51. The van der Waals surface area contributed by atoms with Gasteiger partial charge in [0.1, 0.15) is 0 Å². The van der Waals surface area contributed by atoms with Crippen molar-refractivity contribution < 1.29 is 9.84 Å². The van der Waals surface area contributed by atoms with Crippen LogP contribution in [0.5, 0.6) is 0 Å². The Kier molecular flexibility index (Phi) is 5.07. The van der Waals surface area contributed by atoms with Gasteiger partial charge in [-0.05, 0) is 50.9 Å². The van der Waals surface area contributed by atoms with Crippen LogP contribution in [0, 0.1) is 19.3 Å². The average Bonchev–Trinajstić information content (AvgIpc) is 2.55. The maximum atomic E-state index is 10.3. The van der Waals surface area contributed by atoms with Crippen LogP contribution in [-0.2, 0) is 11.3 Å². The lowest BCUT2D eigenvalue weighted by atomic mass is 9.58. The van der Waals surface area contributed by atoms with Gasteiger partial charge in [0.25, 0.3) is 0 Å². The van der Waals surface area contributed by atoms with E-state index in [4.69, 9.17) is 10.5 Å². The third kappa shape index (κ3) is 3.31. The van der Waals surface area contributed by atoms with Crippen LogP contribution in [-0.4, -0.2) is 48.5 Å². The van der Waals surface area contributed by atoms with Crippen molar-refractivity contribution in [1.29, 1.82) is 0 Å². The molecule has 128 valence electrons. The van der Waals surface area contributed by atoms with Crippen LogP contribution in [0.4, 0.5) is 0 Å². The topological polar surface area (TPSA) is 58.7 Å². The van der Waals surface area contributed by atoms with Crippen LogP contribution >= 0.6 is 0 Å². The minimum absolute atomic E-state index is 0.0205. The van der Waals surface area contributed by atoms with Crippen LogP contribution in [0.15, 0.2) is 18.2 Å². The van der Waals surface area contributed by atoms with Gasteiger partial charge in [0, 0.05) is 24.9 Å². The van der Waals surface area contributed by atoms with Gasteiger partial charge in [-0.2, -0.15) is 0 Å². The van der Waals surface area contributed by atoms with Gasteiger partial charge < -0.3 is 15.6 Å². The van der Waals surface area contributed by atoms with E-state index in [0.29, 0.717) is 13.2 Å². The van der Waals surface area contributed by atoms with Gasteiger partial charge >= 0.3 is 0 Å². The Labute approximate surface area is 139 Å². The van der Waals surface area contributed by atoms with E-state index in [-0.39, 0.29) is 17.6 Å². The van der Waals surface area contributed by atoms with Crippen molar-refractivity contribution in [3.05, 3.63) is 34.9 Å². The average molecular weight is 318 g/mol. The number of rotatable bonds is 5. The Morgan fingerprint density at radius 3 is 2.70 bits per heavy atom. The molecule has 1 aromatic rings. The van der Waals surface area contributed by atoms with E-state index in [0.717, 1.165) is 38.9 Å². The number of aryl methyl sites for hydroxylation is 2. The molecule has 1 spiro atoms. The zero-order chi connectivity index (χ0) is 16.4. The fourth-order valence-electron chi connectivity index (χ4n) is 4.16. The smallest absolute Gasteiger partial charge is 0.0682 e. The molecule has 0 unspecified atom stereocenters. The Balaban J connectivity index is 1.58. The minimum Gasteiger partial charge on any atom is -0.392 e. The Hall–Kier alpha value is -0.940. The zero-order valence-electron chi connectivity index (χ0n) is 14.4. The van der Waals surface area contributed by atoms with Gasteiger partial charge in [-0.3, -0.25) is 4.90 Å². The summed E-state index contributed by atoms with van der Waals surface area (Å²) >= 11 is 0. The Bertz CT molecular complexity index is 538. The van der Waals surface area contributed by atoms with E-state index in [1.807, 2.05) is 0 Å². The van der Waals surface area contributed by atoms with Crippen molar-refractivity contribution in [2.24, 2.45) is 11.1 Å². The number of piperidine rings is 1. The molecule has 1 saturated carbocycles. The molecule has 0 radical (unpaired) electrons. The number of nitrogens with two attached hydrogens (primary N) is 1. The summed E-state index contributed by atoms with van der Waals surface area (Å²) in [6, 6.07) is 6.68. The molecule has 2 aliphatic rings. The van der Waals surface area contributed by atoms with E-state index < -0.39 is 0 Å². The number of aliphatic hydroxyl groups excluding tert-OH is 1. The summed E-state index contributed by atoms with van der Waals surface area (Å²) in [6.07, 6.45) is 2.82. The molecule has 1 aliphatic heterocycles. The predicted octanol–water partition coefficient (Wildman–Crippen LogP) is 1.99. The Morgan fingerprint density at radius 1 is 1.30 bits per heavy atom. The third-order valence-electron chi connectivity index (χ3n) is 5.86. The fraction of sp³-hybridized carbons (Fsp3) is 0.684. The van der Waals surface area contributed by atoms with E-state index in [1.54, 1.807) is 0 Å². The summed E-state index contributed by atoms with van der Waals surface area (Å²) < 4.78 is 5.88. The fourth-order valence-corrected chi connectivity index (χ4v) is 4.16. The van der Waals surface area contributed by atoms with Crippen LogP contribution in [0.1, 0.15) is 36.0 Å². The quantitative estimate of drug-likeness (QED) is 0.872. The van der Waals surface area contributed by atoms with Gasteiger partial charge in [-0.15, -0.1) is 0 Å². The Morgan fingerprint density at radius 2 is 2.04 bits per heavy atom. The van der Waals surface area contributed by atoms with Gasteiger partial charge in [0.15, 0.2) is 0 Å². The van der Waals surface area contributed by atoms with Gasteiger partial charge in [0.2, 0.25) is 0 Å². The summed E-state index contributed by atoms with van der Waals surface area (Å²) in [5.41, 5.74) is 9.64. The number of likely N-dealkylation sites (tertiary alicyclic amines) is 1. The molecular weight excluding hydrogens is 288 g/mol. The first kappa shape index (κ1) is 16.9. The molecule has 2 atom stereocenters. The van der Waals surface area contributed by atoms with Crippen LogP contribution in [0.2, 0.25) is 0 Å². The molecule has 0 aromatic heterocycles. The maximum absolute atomic E-state index is 10.3. The number of benzene rings is 1. The van der Waals surface area contributed by atoms with Crippen LogP contribution in [0.3, 0.4) is 0 Å². The van der Waals surface area contributed by atoms with Crippen molar-refractivity contribution in [3.8, 4) is 0 Å². The van der Waals surface area contributed by atoms with Crippen LogP contribution < -0.4 is 5.73 Å². The molecule has 4 nitrogen and oxygen atoms in total. The second-order valence-electron chi connectivity index (χ2n) is 7.34. The molecule has 1 heterocycles. The number of hydrogen-bond acceptors (Lipinski definition) is 4. The second-order valence-corrected chi connectivity index (χ2v) is 7.34.